The molecule has 0 bridgehead atoms. The highest BCUT2D eigenvalue weighted by Crippen LogP contribution is 2.33. The zero-order chi connectivity index (χ0) is 26.2. The van der Waals surface area contributed by atoms with E-state index in [0.29, 0.717) is 11.3 Å². The maximum Gasteiger partial charge on any atom is 0.255 e. The fourth-order valence-electron chi connectivity index (χ4n) is 5.21. The summed E-state index contributed by atoms with van der Waals surface area (Å²) >= 11 is 0. The van der Waals surface area contributed by atoms with Gasteiger partial charge in [0.1, 0.15) is 17.0 Å². The average molecular weight is 515 g/mol. The number of hydrogen-bond donors (Lipinski definition) is 3. The molecule has 3 N–H and O–H groups in total. The van der Waals surface area contributed by atoms with Gasteiger partial charge in [-0.3, -0.25) is 14.9 Å². The molecule has 1 aromatic carbocycles. The van der Waals surface area contributed by atoms with Crippen LogP contribution in [0.1, 0.15) is 29.6 Å². The van der Waals surface area contributed by atoms with Crippen molar-refractivity contribution in [2.45, 2.75) is 19.3 Å². The highest BCUT2D eigenvalue weighted by molar-refractivity contribution is 6.04. The lowest BCUT2D eigenvalue weighted by Gasteiger charge is -2.28. The third kappa shape index (κ3) is 4.37. The zero-order valence-electron chi connectivity index (χ0n) is 21.2. The van der Waals surface area contributed by atoms with Gasteiger partial charge in [0, 0.05) is 42.0 Å². The van der Waals surface area contributed by atoms with Gasteiger partial charge in [-0.05, 0) is 61.7 Å². The molecular formula is C30H26N8O. The standard InChI is InChI=1S/C30H26N8O/c39-30(19-7-3-1-4-8-19)33-21-15-20(17-31-18-21)23-9-10-25-27(35-23)28(37-36-25)26-16-22-24(34-26)11-12-32-29(22)38-13-5-2-6-14-38/h1,3-4,7-12,15-18,34H,2,5-6,13-14H2,(H,33,39)(H,36,37). The van der Waals surface area contributed by atoms with Gasteiger partial charge in [0.05, 0.1) is 34.3 Å². The first-order valence-corrected chi connectivity index (χ1v) is 13.1. The van der Waals surface area contributed by atoms with Crippen LogP contribution in [0.2, 0.25) is 0 Å². The van der Waals surface area contributed by atoms with E-state index in [9.17, 15) is 4.79 Å². The molecule has 6 heterocycles. The summed E-state index contributed by atoms with van der Waals surface area (Å²) in [5, 5.41) is 11.7. The van der Waals surface area contributed by atoms with Crippen LogP contribution in [0, 0.1) is 0 Å². The van der Waals surface area contributed by atoms with Gasteiger partial charge in [-0.1, -0.05) is 18.2 Å². The second-order valence-corrected chi connectivity index (χ2v) is 9.77. The molecule has 1 amide bonds. The lowest BCUT2D eigenvalue weighted by atomic mass is 10.1. The van der Waals surface area contributed by atoms with E-state index in [2.05, 4.69) is 36.4 Å². The number of amides is 1. The molecule has 0 spiro atoms. The lowest BCUT2D eigenvalue weighted by molar-refractivity contribution is 0.102. The van der Waals surface area contributed by atoms with Gasteiger partial charge in [0.15, 0.2) is 0 Å². The predicted molar refractivity (Wildman–Crippen MR) is 153 cm³/mol. The normalized spacial score (nSPS) is 13.7. The topological polar surface area (TPSA) is 115 Å². The Balaban J connectivity index is 1.22. The average Bonchev–Trinajstić information content (AvgIpc) is 3.62. The molecule has 0 atom stereocenters. The zero-order valence-corrected chi connectivity index (χ0v) is 21.2. The molecule has 1 fully saturated rings. The number of anilines is 2. The lowest BCUT2D eigenvalue weighted by Crippen LogP contribution is -2.30. The van der Waals surface area contributed by atoms with Crippen LogP contribution < -0.4 is 10.2 Å². The molecular weight excluding hydrogens is 488 g/mol. The molecule has 1 aliphatic rings. The van der Waals surface area contributed by atoms with Crippen molar-refractivity contribution < 1.29 is 4.79 Å². The van der Waals surface area contributed by atoms with E-state index in [-0.39, 0.29) is 5.91 Å². The number of aromatic nitrogens is 6. The highest BCUT2D eigenvalue weighted by atomic mass is 16.1. The van der Waals surface area contributed by atoms with Crippen molar-refractivity contribution in [3.63, 3.8) is 0 Å². The van der Waals surface area contributed by atoms with Crippen molar-refractivity contribution >= 4 is 39.3 Å². The minimum absolute atomic E-state index is 0.188. The summed E-state index contributed by atoms with van der Waals surface area (Å²) < 4.78 is 0. The summed E-state index contributed by atoms with van der Waals surface area (Å²) in [5.74, 6) is 0.830. The number of fused-ring (bicyclic) bond motifs is 2. The summed E-state index contributed by atoms with van der Waals surface area (Å²) in [7, 11) is 0. The first kappa shape index (κ1) is 23.1. The Kier molecular flexibility index (Phi) is 5.73. The van der Waals surface area contributed by atoms with Crippen LogP contribution in [0.25, 0.3) is 44.6 Å². The second kappa shape index (κ2) is 9.68. The second-order valence-electron chi connectivity index (χ2n) is 9.77. The number of carbonyl (C=O) groups excluding carboxylic acids is 1. The monoisotopic (exact) mass is 514 g/mol. The minimum atomic E-state index is -0.188. The van der Waals surface area contributed by atoms with Crippen molar-refractivity contribution in [2.24, 2.45) is 0 Å². The third-order valence-electron chi connectivity index (χ3n) is 7.17. The number of nitrogens with zero attached hydrogens (tertiary/aromatic N) is 5. The predicted octanol–water partition coefficient (Wildman–Crippen LogP) is 5.81. The summed E-state index contributed by atoms with van der Waals surface area (Å²) in [6, 6.07) is 19.0. The highest BCUT2D eigenvalue weighted by Gasteiger charge is 2.19. The first-order chi connectivity index (χ1) is 19.2. The van der Waals surface area contributed by atoms with Crippen molar-refractivity contribution in [3.05, 3.63) is 84.8 Å². The van der Waals surface area contributed by atoms with Gasteiger partial charge in [0.25, 0.3) is 5.91 Å². The summed E-state index contributed by atoms with van der Waals surface area (Å²) in [6.07, 6.45) is 8.89. The quantitative estimate of drug-likeness (QED) is 0.268. The molecule has 6 aromatic rings. The van der Waals surface area contributed by atoms with Gasteiger partial charge in [-0.2, -0.15) is 5.10 Å². The Morgan fingerprint density at radius 3 is 2.67 bits per heavy atom. The molecule has 0 unspecified atom stereocenters. The number of aromatic amines is 2. The number of benzene rings is 1. The Labute approximate surface area is 224 Å². The molecule has 1 saturated heterocycles. The number of hydrogen-bond acceptors (Lipinski definition) is 6. The van der Waals surface area contributed by atoms with Gasteiger partial charge in [-0.15, -0.1) is 0 Å². The van der Waals surface area contributed by atoms with Gasteiger partial charge < -0.3 is 15.2 Å². The largest absolute Gasteiger partial charge is 0.356 e. The minimum Gasteiger partial charge on any atom is -0.356 e. The van der Waals surface area contributed by atoms with E-state index in [1.54, 1.807) is 24.5 Å². The van der Waals surface area contributed by atoms with Crippen LogP contribution in [-0.2, 0) is 0 Å². The van der Waals surface area contributed by atoms with Crippen LogP contribution in [0.15, 0.2) is 79.3 Å². The van der Waals surface area contributed by atoms with E-state index in [1.165, 1.54) is 19.3 Å². The van der Waals surface area contributed by atoms with Gasteiger partial charge in [0.2, 0.25) is 0 Å². The number of H-pyrrole nitrogens is 2. The van der Waals surface area contributed by atoms with E-state index in [1.807, 2.05) is 48.7 Å². The fraction of sp³-hybridized carbons (Fsp3) is 0.167. The van der Waals surface area contributed by atoms with E-state index in [0.717, 1.165) is 63.5 Å². The van der Waals surface area contributed by atoms with Crippen LogP contribution >= 0.6 is 0 Å². The Bertz CT molecular complexity index is 1800. The molecule has 7 rings (SSSR count). The van der Waals surface area contributed by atoms with Crippen molar-refractivity contribution in [1.82, 2.24) is 30.1 Å². The summed E-state index contributed by atoms with van der Waals surface area (Å²) in [5.41, 5.74) is 6.96. The molecule has 9 nitrogen and oxygen atoms in total. The molecule has 1 aliphatic heterocycles. The molecule has 192 valence electrons. The maximum atomic E-state index is 12.6. The molecule has 0 saturated carbocycles. The molecule has 9 heteroatoms. The SMILES string of the molecule is O=C(Nc1cncc(-c2ccc3[nH]nc(-c4cc5c(N6CCCCC6)nccc5[nH]4)c3n2)c1)c1ccccc1. The van der Waals surface area contributed by atoms with Crippen LogP contribution in [0.5, 0.6) is 0 Å². The third-order valence-corrected chi connectivity index (χ3v) is 7.17. The smallest absolute Gasteiger partial charge is 0.255 e. The molecule has 0 aliphatic carbocycles. The number of rotatable bonds is 5. The van der Waals surface area contributed by atoms with E-state index < -0.39 is 0 Å². The molecule has 5 aromatic heterocycles. The fourth-order valence-corrected chi connectivity index (χ4v) is 5.21. The van der Waals surface area contributed by atoms with Gasteiger partial charge in [-0.25, -0.2) is 9.97 Å². The Morgan fingerprint density at radius 1 is 0.923 bits per heavy atom. The van der Waals surface area contributed by atoms with E-state index in [4.69, 9.17) is 9.97 Å². The number of piperidine rings is 1. The number of nitrogens with one attached hydrogen (secondary N) is 3. The molecule has 0 radical (unpaired) electrons. The van der Waals surface area contributed by atoms with E-state index >= 15 is 0 Å². The Hall–Kier alpha value is -5.05. The summed E-state index contributed by atoms with van der Waals surface area (Å²) in [6.45, 7) is 2.06. The first-order valence-electron chi connectivity index (χ1n) is 13.1. The Morgan fingerprint density at radius 2 is 1.79 bits per heavy atom. The van der Waals surface area contributed by atoms with Crippen molar-refractivity contribution in [2.75, 3.05) is 23.3 Å². The van der Waals surface area contributed by atoms with Crippen molar-refractivity contribution in [1.29, 1.82) is 0 Å². The number of carbonyl (C=O) groups is 1. The maximum absolute atomic E-state index is 12.6. The summed E-state index contributed by atoms with van der Waals surface area (Å²) in [4.78, 5) is 32.5. The molecule has 39 heavy (non-hydrogen) atoms. The van der Waals surface area contributed by atoms with Crippen LogP contribution in [0.4, 0.5) is 11.5 Å². The van der Waals surface area contributed by atoms with Crippen LogP contribution in [-0.4, -0.2) is 49.1 Å². The van der Waals surface area contributed by atoms with Crippen molar-refractivity contribution in [3.8, 4) is 22.6 Å². The number of pyridine rings is 3. The van der Waals surface area contributed by atoms with Crippen LogP contribution in [0.3, 0.4) is 0 Å². The van der Waals surface area contributed by atoms with Gasteiger partial charge >= 0.3 is 0 Å².